The maximum atomic E-state index is 13.3. The second kappa shape index (κ2) is 6.22. The molecule has 1 aromatic rings. The van der Waals surface area contributed by atoms with Crippen molar-refractivity contribution < 1.29 is 9.18 Å². The SMILES string of the molecule is Cc1cc(F)cc(C)c1NC(=O)C[PH]1(C)CCCCC1. The van der Waals surface area contributed by atoms with Crippen LogP contribution in [0.1, 0.15) is 30.4 Å². The van der Waals surface area contributed by atoms with Crippen molar-refractivity contribution in [2.75, 3.05) is 30.5 Å². The molecule has 1 heterocycles. The van der Waals surface area contributed by atoms with E-state index in [1.807, 2.05) is 13.8 Å². The summed E-state index contributed by atoms with van der Waals surface area (Å²) < 4.78 is 13.3. The Balaban J connectivity index is 2.05. The van der Waals surface area contributed by atoms with Crippen molar-refractivity contribution in [3.63, 3.8) is 0 Å². The number of hydrogen-bond donors (Lipinski definition) is 1. The molecule has 2 rings (SSSR count). The molecular weight excluding hydrogens is 272 g/mol. The molecule has 1 saturated heterocycles. The number of benzene rings is 1. The molecule has 0 unspecified atom stereocenters. The molecule has 1 aliphatic heterocycles. The van der Waals surface area contributed by atoms with Crippen LogP contribution in [-0.4, -0.2) is 31.1 Å². The van der Waals surface area contributed by atoms with Gasteiger partial charge in [-0.1, -0.05) is 0 Å². The third kappa shape index (κ3) is 3.79. The molecule has 0 spiro atoms. The van der Waals surface area contributed by atoms with E-state index in [1.54, 1.807) is 0 Å². The molecule has 0 aliphatic carbocycles. The van der Waals surface area contributed by atoms with E-state index >= 15 is 0 Å². The van der Waals surface area contributed by atoms with Gasteiger partial charge in [-0.25, -0.2) is 0 Å². The summed E-state index contributed by atoms with van der Waals surface area (Å²) in [6, 6.07) is 2.95. The molecule has 0 aromatic heterocycles. The summed E-state index contributed by atoms with van der Waals surface area (Å²) in [4.78, 5) is 12.3. The fourth-order valence-electron chi connectivity index (χ4n) is 3.26. The number of halogens is 1. The van der Waals surface area contributed by atoms with Gasteiger partial charge in [0.05, 0.1) is 0 Å². The van der Waals surface area contributed by atoms with Crippen LogP contribution in [0.3, 0.4) is 0 Å². The quantitative estimate of drug-likeness (QED) is 0.841. The topological polar surface area (TPSA) is 29.1 Å². The molecule has 112 valence electrons. The summed E-state index contributed by atoms with van der Waals surface area (Å²) in [5.41, 5.74) is 2.38. The van der Waals surface area contributed by atoms with Gasteiger partial charge in [-0.05, 0) is 0 Å². The summed E-state index contributed by atoms with van der Waals surface area (Å²) in [5.74, 6) is -0.134. The van der Waals surface area contributed by atoms with Crippen molar-refractivity contribution in [3.05, 3.63) is 29.1 Å². The van der Waals surface area contributed by atoms with E-state index in [0.717, 1.165) is 16.8 Å². The third-order valence-electron chi connectivity index (χ3n) is 4.41. The summed E-state index contributed by atoms with van der Waals surface area (Å²) in [6.07, 6.45) is 7.11. The maximum absolute atomic E-state index is 13.3. The van der Waals surface area contributed by atoms with Crippen LogP contribution in [0.15, 0.2) is 12.1 Å². The predicted molar refractivity (Wildman–Crippen MR) is 87.2 cm³/mol. The summed E-state index contributed by atoms with van der Waals surface area (Å²) in [5, 5.41) is 3.01. The summed E-state index contributed by atoms with van der Waals surface area (Å²) in [6.45, 7) is 6.02. The Morgan fingerprint density at radius 3 is 2.30 bits per heavy atom. The minimum atomic E-state index is -1.39. The van der Waals surface area contributed by atoms with Crippen LogP contribution in [0.2, 0.25) is 0 Å². The number of carbonyl (C=O) groups is 1. The van der Waals surface area contributed by atoms with Crippen molar-refractivity contribution in [2.24, 2.45) is 0 Å². The zero-order valence-electron chi connectivity index (χ0n) is 12.7. The molecule has 1 aliphatic rings. The van der Waals surface area contributed by atoms with Crippen molar-refractivity contribution in [1.82, 2.24) is 0 Å². The van der Waals surface area contributed by atoms with Crippen molar-refractivity contribution >= 4 is 18.9 Å². The first-order valence-corrected chi connectivity index (χ1v) is 10.6. The standard InChI is InChI=1S/C16H25FNOP/c1-12-9-14(17)10-13(2)16(12)18-15(19)11-20(3)7-5-4-6-8-20/h9-10,20H,4-8,11H2,1-3H3,(H,18,19). The van der Waals surface area contributed by atoms with Gasteiger partial charge in [0, 0.05) is 0 Å². The van der Waals surface area contributed by atoms with Crippen LogP contribution < -0.4 is 5.32 Å². The van der Waals surface area contributed by atoms with Crippen molar-refractivity contribution in [2.45, 2.75) is 33.1 Å². The second-order valence-electron chi connectivity index (χ2n) is 6.51. The second-order valence-corrected chi connectivity index (χ2v) is 11.5. The zero-order chi connectivity index (χ0) is 14.8. The Morgan fingerprint density at radius 1 is 1.20 bits per heavy atom. The van der Waals surface area contributed by atoms with Gasteiger partial charge >= 0.3 is 121 Å². The molecule has 0 saturated carbocycles. The number of amides is 1. The number of nitrogens with one attached hydrogen (secondary N) is 1. The number of carbonyl (C=O) groups excluding carboxylic acids is 1. The Kier molecular flexibility index (Phi) is 4.80. The molecular formula is C16H25FNOP. The molecule has 4 heteroatoms. The van der Waals surface area contributed by atoms with Crippen LogP contribution >= 0.6 is 7.26 Å². The Labute approximate surface area is 121 Å². The summed E-state index contributed by atoms with van der Waals surface area (Å²) in [7, 11) is -1.39. The van der Waals surface area contributed by atoms with Gasteiger partial charge in [0.2, 0.25) is 0 Å². The van der Waals surface area contributed by atoms with E-state index in [1.165, 1.54) is 43.7 Å². The fraction of sp³-hybridized carbons (Fsp3) is 0.562. The Bertz CT molecular complexity index is 486. The van der Waals surface area contributed by atoms with E-state index in [9.17, 15) is 9.18 Å². The fourth-order valence-corrected chi connectivity index (χ4v) is 6.94. The van der Waals surface area contributed by atoms with E-state index in [-0.39, 0.29) is 11.7 Å². The summed E-state index contributed by atoms with van der Waals surface area (Å²) >= 11 is 0. The van der Waals surface area contributed by atoms with E-state index in [0.29, 0.717) is 6.16 Å². The van der Waals surface area contributed by atoms with E-state index < -0.39 is 7.26 Å². The van der Waals surface area contributed by atoms with Crippen LogP contribution in [0.4, 0.5) is 10.1 Å². The van der Waals surface area contributed by atoms with Gasteiger partial charge in [-0.15, -0.1) is 0 Å². The van der Waals surface area contributed by atoms with Gasteiger partial charge < -0.3 is 0 Å². The van der Waals surface area contributed by atoms with Crippen LogP contribution in [0, 0.1) is 19.7 Å². The van der Waals surface area contributed by atoms with Crippen molar-refractivity contribution in [3.8, 4) is 0 Å². The third-order valence-corrected chi connectivity index (χ3v) is 8.71. The average Bonchev–Trinajstić information content (AvgIpc) is 2.34. The number of rotatable bonds is 3. The molecule has 0 bridgehead atoms. The van der Waals surface area contributed by atoms with Crippen LogP contribution in [0.25, 0.3) is 0 Å². The molecule has 0 atom stereocenters. The van der Waals surface area contributed by atoms with Gasteiger partial charge in [0.25, 0.3) is 0 Å². The first kappa shape index (κ1) is 15.4. The first-order chi connectivity index (χ1) is 9.39. The van der Waals surface area contributed by atoms with Crippen LogP contribution in [-0.2, 0) is 4.79 Å². The van der Waals surface area contributed by atoms with Gasteiger partial charge in [-0.2, -0.15) is 0 Å². The van der Waals surface area contributed by atoms with Crippen molar-refractivity contribution in [1.29, 1.82) is 0 Å². The minimum absolute atomic E-state index is 0.110. The first-order valence-electron chi connectivity index (χ1n) is 7.46. The molecule has 1 amide bonds. The number of anilines is 1. The van der Waals surface area contributed by atoms with E-state index in [4.69, 9.17) is 0 Å². The average molecular weight is 297 g/mol. The zero-order valence-corrected chi connectivity index (χ0v) is 13.7. The Morgan fingerprint density at radius 2 is 1.75 bits per heavy atom. The normalized spacial score (nSPS) is 19.4. The molecule has 1 aromatic carbocycles. The van der Waals surface area contributed by atoms with Gasteiger partial charge in [-0.3, -0.25) is 0 Å². The Hall–Kier alpha value is -0.950. The molecule has 1 fully saturated rings. The van der Waals surface area contributed by atoms with Gasteiger partial charge in [0.15, 0.2) is 0 Å². The molecule has 20 heavy (non-hydrogen) atoms. The predicted octanol–water partition coefficient (Wildman–Crippen LogP) is 3.94. The van der Waals surface area contributed by atoms with E-state index in [2.05, 4.69) is 12.0 Å². The van der Waals surface area contributed by atoms with Crippen LogP contribution in [0.5, 0.6) is 0 Å². The molecule has 0 radical (unpaired) electrons. The van der Waals surface area contributed by atoms with Gasteiger partial charge in [0.1, 0.15) is 0 Å². The number of aryl methyl sites for hydroxylation is 2. The monoisotopic (exact) mass is 297 g/mol. The molecule has 2 nitrogen and oxygen atoms in total. The molecule has 1 N–H and O–H groups in total. The number of hydrogen-bond acceptors (Lipinski definition) is 1.